The lowest BCUT2D eigenvalue weighted by Gasteiger charge is -2.55. The summed E-state index contributed by atoms with van der Waals surface area (Å²) in [5.41, 5.74) is 18.3. The average Bonchev–Trinajstić information content (AvgIpc) is 3.65. The molecule has 1 aromatic rings. The lowest BCUT2D eigenvalue weighted by atomic mass is 9.53. The molecule has 0 unspecified atom stereocenters. The number of aliphatic hydroxyl groups is 3. The fourth-order valence-corrected chi connectivity index (χ4v) is 8.41. The molecule has 2 heterocycles. The molecule has 50 heavy (non-hydrogen) atoms. The van der Waals surface area contributed by atoms with E-state index in [1.54, 1.807) is 13.0 Å². The second-order valence-corrected chi connectivity index (χ2v) is 14.5. The minimum absolute atomic E-state index is 0.0613. The van der Waals surface area contributed by atoms with E-state index in [9.17, 15) is 24.6 Å². The first-order valence-electron chi connectivity index (χ1n) is 17.9. The smallest absolute Gasteiger partial charge is 0.333 e. The molecule has 6 aliphatic rings. The first kappa shape index (κ1) is 39.8. The van der Waals surface area contributed by atoms with Crippen molar-refractivity contribution in [3.05, 3.63) is 23.8 Å². The van der Waals surface area contributed by atoms with E-state index in [0.29, 0.717) is 24.1 Å². The molecule has 4 saturated carbocycles. The van der Waals surface area contributed by atoms with Gasteiger partial charge in [-0.15, -0.1) is 5.10 Å². The van der Waals surface area contributed by atoms with Crippen LogP contribution in [-0.4, -0.2) is 109 Å². The number of ether oxygens (including phenoxy) is 3. The molecule has 4 bridgehead atoms. The summed E-state index contributed by atoms with van der Waals surface area (Å²) >= 11 is 0. The van der Waals surface area contributed by atoms with Crippen LogP contribution in [0.3, 0.4) is 0 Å². The molecule has 16 nitrogen and oxygen atoms in total. The summed E-state index contributed by atoms with van der Waals surface area (Å²) in [7, 11) is 0. The Bertz CT molecular complexity index is 1300. The van der Waals surface area contributed by atoms with Crippen LogP contribution in [0.5, 0.6) is 0 Å². The molecule has 10 N–H and O–H groups in total. The molecule has 282 valence electrons. The number of rotatable bonds is 10. The predicted molar refractivity (Wildman–Crippen MR) is 181 cm³/mol. The van der Waals surface area contributed by atoms with Crippen molar-refractivity contribution < 1.29 is 43.9 Å². The van der Waals surface area contributed by atoms with Gasteiger partial charge in [0.2, 0.25) is 11.7 Å². The Kier molecular flexibility index (Phi) is 13.9. The van der Waals surface area contributed by atoms with Crippen LogP contribution >= 0.6 is 0 Å². The van der Waals surface area contributed by atoms with Gasteiger partial charge in [-0.25, -0.2) is 14.5 Å². The van der Waals surface area contributed by atoms with Crippen LogP contribution in [0.25, 0.3) is 0 Å². The molecule has 7 atom stereocenters. The Morgan fingerprint density at radius 1 is 1.08 bits per heavy atom. The van der Waals surface area contributed by atoms with Crippen molar-refractivity contribution in [3.63, 3.8) is 0 Å². The summed E-state index contributed by atoms with van der Waals surface area (Å²) < 4.78 is 17.3. The Morgan fingerprint density at radius 3 is 2.12 bits per heavy atom. The molecule has 0 aromatic carbocycles. The standard InChI is InChI=1S/C16H28N2O4.C10H17N.C8H12N4O5/c1-5-12(6-2)22-14-9-11(16(20)21-7-3)8-13(17)15(14)18-10(4)19;11-10-4-7-1-8(5-10)3-9(2-7)6-10;9-6(16)7-10-2-12(11-7)8-5(15)4(14)3(1-13)17-8/h9,12-15H,5-8,17H2,1-4H3,(H,18,19);7-9H,1-6,11H2;2-5,8,13-15H,1H2,(H2,9,16)/t13-,14+,15+;;3-,4-,5-,8-/m0.1/s1. The van der Waals surface area contributed by atoms with E-state index >= 15 is 0 Å². The highest BCUT2D eigenvalue weighted by Crippen LogP contribution is 2.54. The SMILES string of the molecule is CCOC(=O)C1=C[C@@H](OC(CC)CC)[C@H](NC(C)=O)[C@@H](N)C1.NC(=O)c1ncn([C@@H]2O[C@H](CO)[C@@H](O)[C@H]2O)n1.NC12CC3CC(CC(C3)C1)C2. The van der Waals surface area contributed by atoms with Gasteiger partial charge in [-0.3, -0.25) is 9.59 Å². The molecule has 0 radical (unpaired) electrons. The maximum absolute atomic E-state index is 12.0. The lowest BCUT2D eigenvalue weighted by molar-refractivity contribution is -0.139. The highest BCUT2D eigenvalue weighted by Gasteiger charge is 2.49. The van der Waals surface area contributed by atoms with Gasteiger partial charge >= 0.3 is 5.97 Å². The third-order valence-electron chi connectivity index (χ3n) is 10.4. The molecule has 1 saturated heterocycles. The van der Waals surface area contributed by atoms with Gasteiger partial charge in [0.15, 0.2) is 6.23 Å². The summed E-state index contributed by atoms with van der Waals surface area (Å²) in [6.07, 6.45) is 8.78. The monoisotopic (exact) mass is 707 g/mol. The number of nitrogens with two attached hydrogens (primary N) is 3. The Labute approximate surface area is 293 Å². The second kappa shape index (κ2) is 17.5. The van der Waals surface area contributed by atoms with Crippen molar-refractivity contribution in [1.82, 2.24) is 20.1 Å². The van der Waals surface area contributed by atoms with Crippen molar-refractivity contribution in [3.8, 4) is 0 Å². The number of hydrogen-bond acceptors (Lipinski definition) is 13. The van der Waals surface area contributed by atoms with E-state index in [1.807, 2.05) is 13.8 Å². The number of esters is 1. The van der Waals surface area contributed by atoms with Gasteiger partial charge in [0.25, 0.3) is 5.91 Å². The maximum atomic E-state index is 12.0. The Balaban J connectivity index is 0.000000176. The number of carbonyl (C=O) groups excluding carboxylic acids is 3. The highest BCUT2D eigenvalue weighted by atomic mass is 16.6. The fourth-order valence-electron chi connectivity index (χ4n) is 8.41. The van der Waals surface area contributed by atoms with Crippen molar-refractivity contribution in [2.24, 2.45) is 35.0 Å². The molecule has 5 aliphatic carbocycles. The Morgan fingerprint density at radius 2 is 1.68 bits per heavy atom. The number of amides is 2. The van der Waals surface area contributed by atoms with E-state index in [1.165, 1.54) is 45.4 Å². The third kappa shape index (κ3) is 9.86. The zero-order chi connectivity index (χ0) is 36.7. The lowest BCUT2D eigenvalue weighted by Crippen LogP contribution is -2.57. The van der Waals surface area contributed by atoms with Crippen LogP contribution < -0.4 is 22.5 Å². The average molecular weight is 708 g/mol. The van der Waals surface area contributed by atoms with Gasteiger partial charge in [-0.05, 0) is 88.5 Å². The van der Waals surface area contributed by atoms with Crippen LogP contribution in [0, 0.1) is 17.8 Å². The minimum Gasteiger partial charge on any atom is -0.463 e. The zero-order valence-electron chi connectivity index (χ0n) is 29.6. The van der Waals surface area contributed by atoms with E-state index < -0.39 is 43.2 Å². The van der Waals surface area contributed by atoms with Gasteiger partial charge in [0, 0.05) is 24.1 Å². The minimum atomic E-state index is -1.27. The largest absolute Gasteiger partial charge is 0.463 e. The summed E-state index contributed by atoms with van der Waals surface area (Å²) in [5, 5.41) is 34.6. The normalized spacial score (nSPS) is 35.4. The number of aliphatic hydroxyl groups excluding tert-OH is 3. The molecular formula is C34H57N7O9. The molecule has 1 aliphatic heterocycles. The summed E-state index contributed by atoms with van der Waals surface area (Å²) in [5.74, 6) is 1.51. The van der Waals surface area contributed by atoms with Crippen LogP contribution in [0.2, 0.25) is 0 Å². The predicted octanol–water partition coefficient (Wildman–Crippen LogP) is 0.188. The van der Waals surface area contributed by atoms with Gasteiger partial charge in [0.1, 0.15) is 24.6 Å². The third-order valence-corrected chi connectivity index (χ3v) is 10.4. The number of primary amides is 1. The molecule has 1 aromatic heterocycles. The maximum Gasteiger partial charge on any atom is 0.333 e. The summed E-state index contributed by atoms with van der Waals surface area (Å²) in [6, 6.07) is -0.719. The van der Waals surface area contributed by atoms with Crippen molar-refractivity contribution in [2.45, 2.75) is 140 Å². The number of nitrogens with one attached hydrogen (secondary N) is 1. The first-order valence-corrected chi connectivity index (χ1v) is 17.9. The van der Waals surface area contributed by atoms with E-state index in [-0.39, 0.29) is 35.9 Å². The van der Waals surface area contributed by atoms with E-state index in [4.69, 9.17) is 36.5 Å². The number of aromatic nitrogens is 3. The van der Waals surface area contributed by atoms with Crippen molar-refractivity contribution >= 4 is 17.8 Å². The molecule has 7 rings (SSSR count). The van der Waals surface area contributed by atoms with E-state index in [2.05, 4.69) is 15.4 Å². The van der Waals surface area contributed by atoms with Gasteiger partial charge in [0.05, 0.1) is 31.5 Å². The first-order chi connectivity index (χ1) is 23.7. The topological polar surface area (TPSA) is 260 Å². The zero-order valence-corrected chi connectivity index (χ0v) is 29.6. The molecule has 2 amide bonds. The summed E-state index contributed by atoms with van der Waals surface area (Å²) in [4.78, 5) is 37.8. The summed E-state index contributed by atoms with van der Waals surface area (Å²) in [6.45, 7) is 7.18. The van der Waals surface area contributed by atoms with Crippen LogP contribution in [0.15, 0.2) is 18.0 Å². The van der Waals surface area contributed by atoms with Gasteiger partial charge in [-0.2, -0.15) is 0 Å². The van der Waals surface area contributed by atoms with Gasteiger partial charge < -0.3 is 52.0 Å². The molecule has 0 spiro atoms. The Hall–Kier alpha value is -2.99. The molecular weight excluding hydrogens is 650 g/mol. The quantitative estimate of drug-likeness (QED) is 0.160. The number of hydrogen-bond donors (Lipinski definition) is 7. The molecule has 16 heteroatoms. The van der Waals surface area contributed by atoms with Crippen molar-refractivity contribution in [2.75, 3.05) is 13.2 Å². The van der Waals surface area contributed by atoms with Crippen LogP contribution in [-0.2, 0) is 23.8 Å². The van der Waals surface area contributed by atoms with Crippen LogP contribution in [0.1, 0.15) is 102 Å². The number of carbonyl (C=O) groups is 3. The molecule has 5 fully saturated rings. The second-order valence-electron chi connectivity index (χ2n) is 14.5. The van der Waals surface area contributed by atoms with Crippen molar-refractivity contribution in [1.29, 1.82) is 0 Å². The fraction of sp³-hybridized carbons (Fsp3) is 0.794. The van der Waals surface area contributed by atoms with Gasteiger partial charge in [-0.1, -0.05) is 13.8 Å². The highest BCUT2D eigenvalue weighted by molar-refractivity contribution is 5.89. The van der Waals surface area contributed by atoms with E-state index in [0.717, 1.165) is 41.6 Å². The van der Waals surface area contributed by atoms with Crippen LogP contribution in [0.4, 0.5) is 0 Å². The number of nitrogens with zero attached hydrogens (tertiary/aromatic N) is 3.